The second-order valence-electron chi connectivity index (χ2n) is 3.13. The smallest absolute Gasteiger partial charge is 0.216 e. The van der Waals surface area contributed by atoms with Crippen LogP contribution in [0.15, 0.2) is 0 Å². The zero-order valence-electron chi connectivity index (χ0n) is 7.39. The Balaban J connectivity index is 2.69. The van der Waals surface area contributed by atoms with Crippen LogP contribution in [-0.4, -0.2) is 54.5 Å². The Morgan fingerprint density at radius 1 is 1.38 bits per heavy atom. The number of nitrogens with zero attached hydrogens (tertiary/aromatic N) is 1. The van der Waals surface area contributed by atoms with Gasteiger partial charge in [-0.15, -0.1) is 0 Å². The van der Waals surface area contributed by atoms with Crippen LogP contribution in [0.3, 0.4) is 0 Å². The summed E-state index contributed by atoms with van der Waals surface area (Å²) >= 11 is 0. The second kappa shape index (κ2) is 4.36. The average Bonchev–Trinajstić information content (AvgIpc) is 2.51. The SMILES string of the molecule is O=S(=O)(CCO)N1CCCC1CO. The van der Waals surface area contributed by atoms with Crippen LogP contribution in [0, 0.1) is 0 Å². The predicted molar refractivity (Wildman–Crippen MR) is 47.7 cm³/mol. The minimum Gasteiger partial charge on any atom is -0.395 e. The van der Waals surface area contributed by atoms with Gasteiger partial charge in [0.25, 0.3) is 0 Å². The lowest BCUT2D eigenvalue weighted by atomic mass is 10.2. The summed E-state index contributed by atoms with van der Waals surface area (Å²) in [6.45, 7) is -0.0325. The van der Waals surface area contributed by atoms with Crippen LogP contribution in [0.25, 0.3) is 0 Å². The summed E-state index contributed by atoms with van der Waals surface area (Å²) < 4.78 is 24.2. The molecule has 1 heterocycles. The van der Waals surface area contributed by atoms with Crippen molar-refractivity contribution in [3.63, 3.8) is 0 Å². The van der Waals surface area contributed by atoms with Crippen LogP contribution >= 0.6 is 0 Å². The summed E-state index contributed by atoms with van der Waals surface area (Å²) in [5.74, 6) is -0.247. The Hall–Kier alpha value is -0.170. The molecule has 6 heteroatoms. The highest BCUT2D eigenvalue weighted by atomic mass is 32.2. The van der Waals surface area contributed by atoms with Crippen molar-refractivity contribution >= 4 is 10.0 Å². The largest absolute Gasteiger partial charge is 0.395 e. The van der Waals surface area contributed by atoms with Gasteiger partial charge in [-0.25, -0.2) is 8.42 Å². The van der Waals surface area contributed by atoms with E-state index in [1.165, 1.54) is 4.31 Å². The molecule has 5 nitrogen and oxygen atoms in total. The van der Waals surface area contributed by atoms with E-state index < -0.39 is 10.0 Å². The van der Waals surface area contributed by atoms with Crippen molar-refractivity contribution in [1.82, 2.24) is 4.31 Å². The Labute approximate surface area is 78.0 Å². The summed E-state index contributed by atoms with van der Waals surface area (Å²) in [4.78, 5) is 0. The van der Waals surface area contributed by atoms with Gasteiger partial charge in [0.2, 0.25) is 10.0 Å². The van der Waals surface area contributed by atoms with Crippen LogP contribution in [0.4, 0.5) is 0 Å². The first-order valence-electron chi connectivity index (χ1n) is 4.33. The molecule has 13 heavy (non-hydrogen) atoms. The topological polar surface area (TPSA) is 77.8 Å². The molecule has 0 saturated carbocycles. The maximum absolute atomic E-state index is 11.5. The molecular formula is C7H15NO4S. The molecule has 1 rings (SSSR count). The van der Waals surface area contributed by atoms with Gasteiger partial charge in [-0.2, -0.15) is 4.31 Å². The quantitative estimate of drug-likeness (QED) is 0.607. The fourth-order valence-electron chi connectivity index (χ4n) is 1.59. The molecule has 0 bridgehead atoms. The van der Waals surface area contributed by atoms with Gasteiger partial charge in [-0.1, -0.05) is 0 Å². The van der Waals surface area contributed by atoms with Crippen LogP contribution in [0.1, 0.15) is 12.8 Å². The molecule has 1 atom stereocenters. The number of hydrogen-bond donors (Lipinski definition) is 2. The third-order valence-corrected chi connectivity index (χ3v) is 4.13. The molecule has 1 fully saturated rings. The molecule has 0 radical (unpaired) electrons. The summed E-state index contributed by atoms with van der Waals surface area (Å²) in [6, 6.07) is -0.281. The molecule has 0 amide bonds. The maximum atomic E-state index is 11.5. The lowest BCUT2D eigenvalue weighted by Gasteiger charge is -2.21. The average molecular weight is 209 g/mol. The van der Waals surface area contributed by atoms with E-state index in [4.69, 9.17) is 10.2 Å². The van der Waals surface area contributed by atoms with E-state index >= 15 is 0 Å². The minimum absolute atomic E-state index is 0.134. The first-order chi connectivity index (χ1) is 6.11. The number of aliphatic hydroxyl groups is 2. The van der Waals surface area contributed by atoms with Gasteiger partial charge in [-0.05, 0) is 12.8 Å². The van der Waals surface area contributed by atoms with Gasteiger partial charge in [0.05, 0.1) is 19.0 Å². The highest BCUT2D eigenvalue weighted by molar-refractivity contribution is 7.89. The number of sulfonamides is 1. The molecule has 2 N–H and O–H groups in total. The Bertz CT molecular complexity index is 251. The fourth-order valence-corrected chi connectivity index (χ4v) is 3.09. The van der Waals surface area contributed by atoms with Crippen molar-refractivity contribution in [1.29, 1.82) is 0 Å². The van der Waals surface area contributed by atoms with E-state index in [1.807, 2.05) is 0 Å². The van der Waals surface area contributed by atoms with E-state index in [2.05, 4.69) is 0 Å². The monoisotopic (exact) mass is 209 g/mol. The molecule has 0 aliphatic carbocycles. The van der Waals surface area contributed by atoms with Crippen LogP contribution < -0.4 is 0 Å². The van der Waals surface area contributed by atoms with Gasteiger partial charge in [0, 0.05) is 12.6 Å². The molecular weight excluding hydrogens is 194 g/mol. The summed E-state index contributed by atoms with van der Waals surface area (Å²) in [7, 11) is -3.35. The molecule has 0 aromatic carbocycles. The Morgan fingerprint density at radius 3 is 2.62 bits per heavy atom. The molecule has 0 spiro atoms. The normalized spacial score (nSPS) is 25.2. The molecule has 0 aromatic rings. The van der Waals surface area contributed by atoms with Crippen LogP contribution in [-0.2, 0) is 10.0 Å². The zero-order valence-corrected chi connectivity index (χ0v) is 8.20. The van der Waals surface area contributed by atoms with Gasteiger partial charge in [0.1, 0.15) is 0 Å². The van der Waals surface area contributed by atoms with E-state index in [0.29, 0.717) is 13.0 Å². The third-order valence-electron chi connectivity index (χ3n) is 2.24. The number of aliphatic hydroxyl groups excluding tert-OH is 2. The Kier molecular flexibility index (Phi) is 3.66. The first-order valence-corrected chi connectivity index (χ1v) is 5.94. The fraction of sp³-hybridized carbons (Fsp3) is 1.00. The van der Waals surface area contributed by atoms with Gasteiger partial charge >= 0.3 is 0 Å². The van der Waals surface area contributed by atoms with Gasteiger partial charge in [0.15, 0.2) is 0 Å². The molecule has 1 saturated heterocycles. The van der Waals surface area contributed by atoms with Crippen molar-refractivity contribution < 1.29 is 18.6 Å². The molecule has 1 aliphatic heterocycles. The maximum Gasteiger partial charge on any atom is 0.216 e. The zero-order chi connectivity index (χ0) is 9.90. The highest BCUT2D eigenvalue weighted by Crippen LogP contribution is 2.20. The molecule has 0 aromatic heterocycles. The van der Waals surface area contributed by atoms with Crippen LogP contribution in [0.2, 0.25) is 0 Å². The first kappa shape index (κ1) is 10.9. The molecule has 1 aliphatic rings. The number of rotatable bonds is 4. The lowest BCUT2D eigenvalue weighted by Crippen LogP contribution is -2.39. The lowest BCUT2D eigenvalue weighted by molar-refractivity contribution is 0.212. The Morgan fingerprint density at radius 2 is 2.08 bits per heavy atom. The van der Waals surface area contributed by atoms with Gasteiger partial charge in [-0.3, -0.25) is 0 Å². The summed E-state index contributed by atoms with van der Waals surface area (Å²) in [5.41, 5.74) is 0. The molecule has 1 unspecified atom stereocenters. The standard InChI is InChI=1S/C7H15NO4S/c9-4-5-13(11,12)8-3-1-2-7(8)6-10/h7,9-10H,1-6H2. The predicted octanol–water partition coefficient (Wildman–Crippen LogP) is -1.23. The summed E-state index contributed by atoms with van der Waals surface area (Å²) in [6.07, 6.45) is 1.50. The minimum atomic E-state index is -3.35. The van der Waals surface area contributed by atoms with Crippen molar-refractivity contribution in [2.24, 2.45) is 0 Å². The third kappa shape index (κ3) is 2.40. The van der Waals surface area contributed by atoms with E-state index in [0.717, 1.165) is 6.42 Å². The van der Waals surface area contributed by atoms with Crippen molar-refractivity contribution in [2.45, 2.75) is 18.9 Å². The van der Waals surface area contributed by atoms with E-state index in [1.54, 1.807) is 0 Å². The van der Waals surface area contributed by atoms with Gasteiger partial charge < -0.3 is 10.2 Å². The van der Waals surface area contributed by atoms with E-state index in [9.17, 15) is 8.42 Å². The van der Waals surface area contributed by atoms with E-state index in [-0.39, 0.29) is 25.0 Å². The highest BCUT2D eigenvalue weighted by Gasteiger charge is 2.32. The molecule has 78 valence electrons. The summed E-state index contributed by atoms with van der Waals surface area (Å²) in [5, 5.41) is 17.5. The van der Waals surface area contributed by atoms with Crippen molar-refractivity contribution in [3.8, 4) is 0 Å². The second-order valence-corrected chi connectivity index (χ2v) is 5.17. The van der Waals surface area contributed by atoms with Crippen molar-refractivity contribution in [3.05, 3.63) is 0 Å². The van der Waals surface area contributed by atoms with Crippen LogP contribution in [0.5, 0.6) is 0 Å². The van der Waals surface area contributed by atoms with Crippen molar-refractivity contribution in [2.75, 3.05) is 25.5 Å². The number of hydrogen-bond acceptors (Lipinski definition) is 4.